The van der Waals surface area contributed by atoms with E-state index in [1.165, 1.54) is 0 Å². The molecule has 1 N–H and O–H groups in total. The van der Waals surface area contributed by atoms with Crippen LogP contribution < -0.4 is 5.32 Å². The van der Waals surface area contributed by atoms with E-state index < -0.39 is 9.84 Å². The molecule has 0 aromatic heterocycles. The Kier molecular flexibility index (Phi) is 3.58. The standard InChI is InChI=1S/C16H16BrNO2S/c1-10-7-12(8-11(2)16(10)17)18-14-9-21(19,20)15-6-4-3-5-13(14)15/h3-8,14,18H,9H2,1-2H3. The Bertz CT molecular complexity index is 792. The highest BCUT2D eigenvalue weighted by Crippen LogP contribution is 2.36. The average molecular weight is 366 g/mol. The molecule has 1 aliphatic rings. The summed E-state index contributed by atoms with van der Waals surface area (Å²) in [7, 11) is -3.18. The molecule has 0 fully saturated rings. The van der Waals surface area contributed by atoms with Gasteiger partial charge in [0.25, 0.3) is 0 Å². The topological polar surface area (TPSA) is 46.2 Å². The van der Waals surface area contributed by atoms with Crippen molar-refractivity contribution in [2.24, 2.45) is 0 Å². The molecule has 0 amide bonds. The first-order valence-corrected chi connectivity index (χ1v) is 9.18. The van der Waals surface area contributed by atoms with Gasteiger partial charge in [-0.25, -0.2) is 8.42 Å². The number of hydrogen-bond donors (Lipinski definition) is 1. The molecule has 2 aromatic carbocycles. The monoisotopic (exact) mass is 365 g/mol. The lowest BCUT2D eigenvalue weighted by molar-refractivity contribution is 0.598. The van der Waals surface area contributed by atoms with Crippen molar-refractivity contribution in [3.8, 4) is 0 Å². The van der Waals surface area contributed by atoms with Gasteiger partial charge in [0.2, 0.25) is 0 Å². The molecular formula is C16H16BrNO2S. The first-order valence-electron chi connectivity index (χ1n) is 6.73. The second-order valence-electron chi connectivity index (χ2n) is 5.44. The molecule has 0 bridgehead atoms. The Morgan fingerprint density at radius 1 is 1.14 bits per heavy atom. The third kappa shape index (κ3) is 2.60. The van der Waals surface area contributed by atoms with Crippen molar-refractivity contribution in [3.63, 3.8) is 0 Å². The highest BCUT2D eigenvalue weighted by molar-refractivity contribution is 9.10. The first kappa shape index (κ1) is 14.6. The first-order chi connectivity index (χ1) is 9.88. The number of anilines is 1. The minimum atomic E-state index is -3.18. The summed E-state index contributed by atoms with van der Waals surface area (Å²) in [6.45, 7) is 4.06. The van der Waals surface area contributed by atoms with E-state index in [9.17, 15) is 8.42 Å². The van der Waals surface area contributed by atoms with Gasteiger partial charge in [0.05, 0.1) is 16.7 Å². The minimum Gasteiger partial charge on any atom is -0.377 e. The Morgan fingerprint density at radius 3 is 2.43 bits per heavy atom. The average Bonchev–Trinajstić information content (AvgIpc) is 2.68. The quantitative estimate of drug-likeness (QED) is 0.874. The van der Waals surface area contributed by atoms with Crippen LogP contribution in [0.25, 0.3) is 0 Å². The van der Waals surface area contributed by atoms with Gasteiger partial charge in [0, 0.05) is 10.2 Å². The van der Waals surface area contributed by atoms with Gasteiger partial charge in [-0.3, -0.25) is 0 Å². The highest BCUT2D eigenvalue weighted by atomic mass is 79.9. The van der Waals surface area contributed by atoms with Gasteiger partial charge in [-0.2, -0.15) is 0 Å². The van der Waals surface area contributed by atoms with Crippen molar-refractivity contribution >= 4 is 31.5 Å². The van der Waals surface area contributed by atoms with E-state index in [1.54, 1.807) is 12.1 Å². The number of halogens is 1. The molecule has 1 unspecified atom stereocenters. The number of nitrogens with one attached hydrogen (secondary N) is 1. The van der Waals surface area contributed by atoms with Crippen LogP contribution in [-0.2, 0) is 9.84 Å². The fourth-order valence-electron chi connectivity index (χ4n) is 2.80. The molecule has 1 atom stereocenters. The van der Waals surface area contributed by atoms with Gasteiger partial charge >= 0.3 is 0 Å². The number of sulfone groups is 1. The van der Waals surface area contributed by atoms with Crippen LogP contribution in [0.1, 0.15) is 22.7 Å². The zero-order valence-corrected chi connectivity index (χ0v) is 14.3. The number of aryl methyl sites for hydroxylation is 2. The molecule has 0 radical (unpaired) electrons. The van der Waals surface area contributed by atoms with Crippen LogP contribution in [0.15, 0.2) is 45.8 Å². The second kappa shape index (κ2) is 5.14. The largest absolute Gasteiger partial charge is 0.377 e. The Labute approximate surface area is 133 Å². The maximum atomic E-state index is 12.2. The van der Waals surface area contributed by atoms with E-state index >= 15 is 0 Å². The molecule has 1 aliphatic heterocycles. The fourth-order valence-corrected chi connectivity index (χ4v) is 4.77. The van der Waals surface area contributed by atoms with Crippen molar-refractivity contribution in [1.29, 1.82) is 0 Å². The summed E-state index contributed by atoms with van der Waals surface area (Å²) in [5, 5.41) is 3.36. The summed E-state index contributed by atoms with van der Waals surface area (Å²) in [6.07, 6.45) is 0. The van der Waals surface area contributed by atoms with Crippen LogP contribution in [-0.4, -0.2) is 14.2 Å². The fraction of sp³-hybridized carbons (Fsp3) is 0.250. The smallest absolute Gasteiger partial charge is 0.181 e. The van der Waals surface area contributed by atoms with E-state index in [1.807, 2.05) is 38.1 Å². The lowest BCUT2D eigenvalue weighted by Gasteiger charge is -2.16. The normalized spacial score (nSPS) is 19.3. The summed E-state index contributed by atoms with van der Waals surface area (Å²) in [5.74, 6) is 0.112. The van der Waals surface area contributed by atoms with Gasteiger partial charge in [0.1, 0.15) is 0 Å². The second-order valence-corrected chi connectivity index (χ2v) is 8.24. The van der Waals surface area contributed by atoms with Gasteiger partial charge in [-0.15, -0.1) is 0 Å². The van der Waals surface area contributed by atoms with Crippen LogP contribution in [0.2, 0.25) is 0 Å². The lowest BCUT2D eigenvalue weighted by atomic mass is 10.1. The summed E-state index contributed by atoms with van der Waals surface area (Å²) in [6, 6.07) is 11.1. The third-order valence-corrected chi connectivity index (χ3v) is 6.86. The number of rotatable bonds is 2. The summed E-state index contributed by atoms with van der Waals surface area (Å²) < 4.78 is 25.5. The third-order valence-electron chi connectivity index (χ3n) is 3.79. The van der Waals surface area contributed by atoms with Crippen LogP contribution in [0.4, 0.5) is 5.69 Å². The zero-order valence-electron chi connectivity index (χ0n) is 11.9. The van der Waals surface area contributed by atoms with Crippen molar-refractivity contribution in [2.75, 3.05) is 11.1 Å². The van der Waals surface area contributed by atoms with E-state index in [0.717, 1.165) is 26.9 Å². The van der Waals surface area contributed by atoms with Gasteiger partial charge in [0.15, 0.2) is 9.84 Å². The van der Waals surface area contributed by atoms with E-state index in [-0.39, 0.29) is 11.8 Å². The maximum absolute atomic E-state index is 12.2. The van der Waals surface area contributed by atoms with Crippen LogP contribution in [0, 0.1) is 13.8 Å². The molecule has 0 saturated heterocycles. The van der Waals surface area contributed by atoms with Crippen LogP contribution in [0.5, 0.6) is 0 Å². The molecule has 0 saturated carbocycles. The summed E-state index contributed by atoms with van der Waals surface area (Å²) in [5.41, 5.74) is 4.07. The van der Waals surface area contributed by atoms with Crippen LogP contribution >= 0.6 is 15.9 Å². The van der Waals surface area contributed by atoms with Crippen molar-refractivity contribution in [1.82, 2.24) is 0 Å². The van der Waals surface area contributed by atoms with Gasteiger partial charge in [-0.1, -0.05) is 34.1 Å². The molecule has 0 spiro atoms. The van der Waals surface area contributed by atoms with Gasteiger partial charge < -0.3 is 5.32 Å². The van der Waals surface area contributed by atoms with E-state index in [2.05, 4.69) is 21.2 Å². The molecule has 110 valence electrons. The molecule has 21 heavy (non-hydrogen) atoms. The van der Waals surface area contributed by atoms with E-state index in [0.29, 0.717) is 4.90 Å². The molecule has 0 aliphatic carbocycles. The van der Waals surface area contributed by atoms with E-state index in [4.69, 9.17) is 0 Å². The highest BCUT2D eigenvalue weighted by Gasteiger charge is 2.34. The number of hydrogen-bond acceptors (Lipinski definition) is 3. The van der Waals surface area contributed by atoms with Gasteiger partial charge in [-0.05, 0) is 48.7 Å². The van der Waals surface area contributed by atoms with Crippen molar-refractivity contribution in [2.45, 2.75) is 24.8 Å². The lowest BCUT2D eigenvalue weighted by Crippen LogP contribution is -2.13. The molecule has 5 heteroatoms. The minimum absolute atomic E-state index is 0.112. The maximum Gasteiger partial charge on any atom is 0.181 e. The zero-order chi connectivity index (χ0) is 15.2. The summed E-state index contributed by atoms with van der Waals surface area (Å²) in [4.78, 5) is 0.452. The number of benzene rings is 2. The molecule has 3 nitrogen and oxygen atoms in total. The van der Waals surface area contributed by atoms with Crippen molar-refractivity contribution < 1.29 is 8.42 Å². The molecule has 1 heterocycles. The summed E-state index contributed by atoms with van der Waals surface area (Å²) >= 11 is 3.55. The SMILES string of the molecule is Cc1cc(NC2CS(=O)(=O)c3ccccc32)cc(C)c1Br. The Hall–Kier alpha value is -1.33. The predicted molar refractivity (Wildman–Crippen MR) is 88.5 cm³/mol. The molecule has 3 rings (SSSR count). The predicted octanol–water partition coefficient (Wildman–Crippen LogP) is 4.01. The Balaban J connectivity index is 1.98. The van der Waals surface area contributed by atoms with Crippen molar-refractivity contribution in [3.05, 3.63) is 57.6 Å². The molecule has 2 aromatic rings. The Morgan fingerprint density at radius 2 is 1.76 bits per heavy atom. The number of fused-ring (bicyclic) bond motifs is 1. The van der Waals surface area contributed by atoms with Crippen LogP contribution in [0.3, 0.4) is 0 Å². The molecular weight excluding hydrogens is 350 g/mol.